The van der Waals surface area contributed by atoms with E-state index in [0.717, 1.165) is 10.6 Å². The fourth-order valence-electron chi connectivity index (χ4n) is 1.95. The van der Waals surface area contributed by atoms with E-state index in [2.05, 4.69) is 4.98 Å². The molecule has 0 aromatic carbocycles. The fourth-order valence-corrected chi connectivity index (χ4v) is 2.57. The molecule has 116 valence electrons. The molecule has 4 N–H and O–H groups in total. The lowest BCUT2D eigenvalue weighted by atomic mass is 10.1. The molecule has 1 aromatic heterocycles. The van der Waals surface area contributed by atoms with Gasteiger partial charge in [-0.25, -0.2) is 4.79 Å². The van der Waals surface area contributed by atoms with Gasteiger partial charge in [-0.05, 0) is 19.4 Å². The van der Waals surface area contributed by atoms with Crippen molar-refractivity contribution in [2.75, 3.05) is 0 Å². The van der Waals surface area contributed by atoms with Gasteiger partial charge in [-0.15, -0.1) is 0 Å². The first-order valence-electron chi connectivity index (χ1n) is 6.10. The van der Waals surface area contributed by atoms with Crippen molar-refractivity contribution in [2.24, 2.45) is 0 Å². The first kappa shape index (κ1) is 15.7. The third-order valence-corrected chi connectivity index (χ3v) is 3.95. The summed E-state index contributed by atoms with van der Waals surface area (Å²) >= 11 is 0. The molecule has 0 fully saturated rings. The van der Waals surface area contributed by atoms with Crippen molar-refractivity contribution in [3.63, 3.8) is 0 Å². The van der Waals surface area contributed by atoms with E-state index < -0.39 is 36.6 Å². The lowest BCUT2D eigenvalue weighted by Crippen LogP contribution is -2.40. The van der Waals surface area contributed by atoms with Gasteiger partial charge in [0, 0.05) is 11.8 Å². The van der Waals surface area contributed by atoms with Crippen LogP contribution in [0.2, 0.25) is 0 Å². The van der Waals surface area contributed by atoms with Gasteiger partial charge in [-0.1, -0.05) is 0 Å². The molecule has 0 amide bonds. The van der Waals surface area contributed by atoms with E-state index in [-0.39, 0.29) is 13.0 Å². The van der Waals surface area contributed by atoms with Gasteiger partial charge in [0.05, 0.1) is 12.6 Å². The lowest BCUT2D eigenvalue weighted by Gasteiger charge is -2.29. The van der Waals surface area contributed by atoms with Gasteiger partial charge in [-0.3, -0.25) is 18.9 Å². The van der Waals surface area contributed by atoms with Gasteiger partial charge in [0.25, 0.3) is 5.56 Å². The maximum absolute atomic E-state index is 11.7. The maximum Gasteiger partial charge on any atom is 0.390 e. The number of hydrogen-bond acceptors (Lipinski definition) is 5. The molecular formula is C11H15N2O7P. The van der Waals surface area contributed by atoms with Crippen LogP contribution in [0.1, 0.15) is 12.0 Å². The minimum Gasteiger partial charge on any atom is -0.478 e. The Morgan fingerprint density at radius 1 is 1.48 bits per heavy atom. The molecule has 9 nitrogen and oxygen atoms in total. The quantitative estimate of drug-likeness (QED) is 0.524. The van der Waals surface area contributed by atoms with Gasteiger partial charge in [0.15, 0.2) is 0 Å². The molecule has 2 heterocycles. The van der Waals surface area contributed by atoms with Crippen molar-refractivity contribution >= 4 is 7.60 Å². The van der Waals surface area contributed by atoms with E-state index in [9.17, 15) is 19.3 Å². The molecule has 1 aliphatic rings. The minimum atomic E-state index is -4.56. The monoisotopic (exact) mass is 318 g/mol. The first-order valence-corrected chi connectivity index (χ1v) is 7.71. The van der Waals surface area contributed by atoms with Crippen LogP contribution in [-0.4, -0.2) is 36.7 Å². The van der Waals surface area contributed by atoms with Crippen LogP contribution < -0.4 is 11.2 Å². The van der Waals surface area contributed by atoms with E-state index in [0.29, 0.717) is 5.56 Å². The van der Waals surface area contributed by atoms with E-state index >= 15 is 0 Å². The Hall–Kier alpha value is -1.67. The number of ether oxygens (including phenoxy) is 1. The van der Waals surface area contributed by atoms with Crippen LogP contribution in [-0.2, 0) is 15.8 Å². The predicted octanol–water partition coefficient (Wildman–Crippen LogP) is -0.986. The minimum absolute atomic E-state index is 0.00218. The second kappa shape index (κ2) is 5.61. The van der Waals surface area contributed by atoms with E-state index in [4.69, 9.17) is 14.5 Å². The number of aliphatic hydroxyl groups excluding tert-OH is 1. The highest BCUT2D eigenvalue weighted by molar-refractivity contribution is 7.56. The Bertz CT molecular complexity index is 729. The highest BCUT2D eigenvalue weighted by Crippen LogP contribution is 2.47. The lowest BCUT2D eigenvalue weighted by molar-refractivity contribution is -0.0197. The number of aromatic nitrogens is 2. The number of aliphatic hydroxyl groups is 1. The van der Waals surface area contributed by atoms with Crippen molar-refractivity contribution in [1.82, 2.24) is 9.55 Å². The van der Waals surface area contributed by atoms with Crippen LogP contribution in [0.5, 0.6) is 0 Å². The standard InChI is InChI=1S/C11H15N2O7P/c1-6-4-13(11(16)12-10(6)15)5-8-7(14)2-3-9(20-8)21(17,18)19/h3-4,7-8,14H,2,5H2,1H3,(H,12,15,16)(H2,17,18,19)/t7-,8+/m0/s1. The molecule has 2 atom stereocenters. The van der Waals surface area contributed by atoms with Crippen LogP contribution in [0.15, 0.2) is 27.4 Å². The number of aryl methyl sites for hydroxylation is 1. The number of rotatable bonds is 3. The molecule has 0 saturated heterocycles. The summed E-state index contributed by atoms with van der Waals surface area (Å²) in [7, 11) is -4.56. The van der Waals surface area contributed by atoms with Crippen LogP contribution in [0.25, 0.3) is 0 Å². The van der Waals surface area contributed by atoms with Gasteiger partial charge < -0.3 is 19.6 Å². The third-order valence-electron chi connectivity index (χ3n) is 3.09. The summed E-state index contributed by atoms with van der Waals surface area (Å²) in [4.78, 5) is 43.2. The summed E-state index contributed by atoms with van der Waals surface area (Å²) in [5, 5.41) is 9.82. The average Bonchev–Trinajstić information content (AvgIpc) is 2.37. The molecule has 1 aliphatic heterocycles. The van der Waals surface area contributed by atoms with Gasteiger partial charge in [0.1, 0.15) is 6.10 Å². The number of nitrogens with zero attached hydrogens (tertiary/aromatic N) is 1. The topological polar surface area (TPSA) is 142 Å². The zero-order valence-corrected chi connectivity index (χ0v) is 12.0. The molecule has 0 aliphatic carbocycles. The Kier molecular flexibility index (Phi) is 4.20. The van der Waals surface area contributed by atoms with Crippen molar-refractivity contribution in [3.8, 4) is 0 Å². The molecular weight excluding hydrogens is 303 g/mol. The Morgan fingerprint density at radius 3 is 2.76 bits per heavy atom. The molecule has 0 unspecified atom stereocenters. The van der Waals surface area contributed by atoms with Gasteiger partial charge in [0.2, 0.25) is 5.50 Å². The summed E-state index contributed by atoms with van der Waals surface area (Å²) in [5.74, 6) is 0. The molecule has 0 saturated carbocycles. The number of nitrogens with one attached hydrogen (secondary N) is 1. The molecule has 0 radical (unpaired) electrons. The smallest absolute Gasteiger partial charge is 0.390 e. The molecule has 10 heteroatoms. The number of aromatic amines is 1. The van der Waals surface area contributed by atoms with Crippen LogP contribution in [0.4, 0.5) is 0 Å². The summed E-state index contributed by atoms with van der Waals surface area (Å²) in [6, 6.07) is 0. The number of hydrogen-bond donors (Lipinski definition) is 4. The Balaban J connectivity index is 2.26. The van der Waals surface area contributed by atoms with Crippen molar-refractivity contribution in [3.05, 3.63) is 44.2 Å². The highest BCUT2D eigenvalue weighted by atomic mass is 31.2. The zero-order valence-electron chi connectivity index (χ0n) is 11.1. The first-order chi connectivity index (χ1) is 9.68. The fraction of sp³-hybridized carbons (Fsp3) is 0.455. The summed E-state index contributed by atoms with van der Waals surface area (Å²) < 4.78 is 17.4. The average molecular weight is 318 g/mol. The predicted molar refractivity (Wildman–Crippen MR) is 71.7 cm³/mol. The SMILES string of the molecule is Cc1cn(C[C@H]2OC(P(=O)(O)O)=CC[C@@H]2O)c(=O)[nH]c1=O. The second-order valence-corrected chi connectivity index (χ2v) is 6.30. The molecule has 2 rings (SSSR count). The van der Waals surface area contributed by atoms with Crippen molar-refractivity contribution in [2.45, 2.75) is 32.1 Å². The Labute approximate surface area is 118 Å². The molecule has 0 spiro atoms. The summed E-state index contributed by atoms with van der Waals surface area (Å²) in [6.45, 7) is 1.36. The molecule has 21 heavy (non-hydrogen) atoms. The largest absolute Gasteiger partial charge is 0.478 e. The van der Waals surface area contributed by atoms with Gasteiger partial charge in [-0.2, -0.15) is 0 Å². The van der Waals surface area contributed by atoms with E-state index in [1.165, 1.54) is 13.1 Å². The van der Waals surface area contributed by atoms with E-state index in [1.807, 2.05) is 0 Å². The third kappa shape index (κ3) is 3.51. The molecule has 1 aromatic rings. The van der Waals surface area contributed by atoms with E-state index in [1.54, 1.807) is 0 Å². The van der Waals surface area contributed by atoms with Crippen molar-refractivity contribution in [1.29, 1.82) is 0 Å². The second-order valence-electron chi connectivity index (χ2n) is 4.77. The zero-order chi connectivity index (χ0) is 15.8. The van der Waals surface area contributed by atoms with Crippen molar-refractivity contribution < 1.29 is 24.2 Å². The summed E-state index contributed by atoms with van der Waals surface area (Å²) in [6.07, 6.45) is 0.414. The van der Waals surface area contributed by atoms with Crippen LogP contribution >= 0.6 is 7.60 Å². The van der Waals surface area contributed by atoms with Crippen LogP contribution in [0, 0.1) is 6.92 Å². The molecule has 0 bridgehead atoms. The van der Waals surface area contributed by atoms with Crippen LogP contribution in [0.3, 0.4) is 0 Å². The Morgan fingerprint density at radius 2 is 2.14 bits per heavy atom. The summed E-state index contributed by atoms with van der Waals surface area (Å²) in [5.41, 5.74) is -1.43. The number of H-pyrrole nitrogens is 1. The highest BCUT2D eigenvalue weighted by Gasteiger charge is 2.33. The van der Waals surface area contributed by atoms with Gasteiger partial charge >= 0.3 is 13.3 Å². The normalized spacial score (nSPS) is 22.6. The maximum atomic E-state index is 11.7.